The Hall–Kier alpha value is -1.04. The molecule has 0 amide bonds. The highest BCUT2D eigenvalue weighted by Gasteiger charge is 2.02. The van der Waals surface area contributed by atoms with Crippen LogP contribution in [-0.4, -0.2) is 0 Å². The summed E-state index contributed by atoms with van der Waals surface area (Å²) in [5, 5.41) is 0. The van der Waals surface area contributed by atoms with Gasteiger partial charge < -0.3 is 0 Å². The van der Waals surface area contributed by atoms with E-state index in [1.807, 2.05) is 6.08 Å². The minimum absolute atomic E-state index is 0.519. The molecule has 0 N–H and O–H groups in total. The summed E-state index contributed by atoms with van der Waals surface area (Å²) in [6.45, 7) is 8.13. The predicted molar refractivity (Wildman–Crippen MR) is 54.4 cm³/mol. The van der Waals surface area contributed by atoms with Gasteiger partial charge >= 0.3 is 0 Å². The Kier molecular flexibility index (Phi) is 3.09. The van der Waals surface area contributed by atoms with E-state index in [-0.39, 0.29) is 0 Å². The Morgan fingerprint density at radius 3 is 2.33 bits per heavy atom. The summed E-state index contributed by atoms with van der Waals surface area (Å²) in [5.41, 5.74) is 2.69. The van der Waals surface area contributed by atoms with Crippen LogP contribution in [0.15, 0.2) is 36.9 Å². The Balaban J connectivity index is 2.87. The van der Waals surface area contributed by atoms with E-state index in [2.05, 4.69) is 44.7 Å². The van der Waals surface area contributed by atoms with Gasteiger partial charge in [0.25, 0.3) is 0 Å². The standard InChI is InChI=1S/C12H16/c1-4-11(5-2)12-8-6-10(3)7-9-12/h4,6-9,11H,1,5H2,2-3H3/t11-/m1/s1. The molecule has 0 aliphatic heterocycles. The Morgan fingerprint density at radius 2 is 1.92 bits per heavy atom. The van der Waals surface area contributed by atoms with Crippen LogP contribution < -0.4 is 0 Å². The first-order chi connectivity index (χ1) is 5.77. The zero-order valence-electron chi connectivity index (χ0n) is 7.88. The largest absolute Gasteiger partial charge is 0.102 e. The van der Waals surface area contributed by atoms with Crippen molar-refractivity contribution >= 4 is 0 Å². The van der Waals surface area contributed by atoms with E-state index in [0.717, 1.165) is 6.42 Å². The third-order valence-electron chi connectivity index (χ3n) is 2.23. The summed E-state index contributed by atoms with van der Waals surface area (Å²) in [7, 11) is 0. The van der Waals surface area contributed by atoms with Gasteiger partial charge in [-0.2, -0.15) is 0 Å². The molecule has 0 aliphatic carbocycles. The SMILES string of the molecule is C=C[C@H](CC)c1ccc(C)cc1. The summed E-state index contributed by atoms with van der Waals surface area (Å²) in [4.78, 5) is 0. The van der Waals surface area contributed by atoms with Gasteiger partial charge in [-0.3, -0.25) is 0 Å². The van der Waals surface area contributed by atoms with E-state index < -0.39 is 0 Å². The van der Waals surface area contributed by atoms with Gasteiger partial charge in [-0.25, -0.2) is 0 Å². The van der Waals surface area contributed by atoms with Crippen LogP contribution in [0, 0.1) is 6.92 Å². The lowest BCUT2D eigenvalue weighted by molar-refractivity contribution is 0.807. The first kappa shape index (κ1) is 9.05. The summed E-state index contributed by atoms with van der Waals surface area (Å²) >= 11 is 0. The van der Waals surface area contributed by atoms with Gasteiger partial charge in [-0.1, -0.05) is 42.8 Å². The smallest absolute Gasteiger partial charge is 0.00126 e. The van der Waals surface area contributed by atoms with E-state index in [1.165, 1.54) is 11.1 Å². The zero-order valence-corrected chi connectivity index (χ0v) is 7.88. The molecule has 64 valence electrons. The molecular formula is C12H16. The van der Waals surface area contributed by atoms with E-state index >= 15 is 0 Å². The molecule has 0 heteroatoms. The third kappa shape index (κ3) is 1.97. The second kappa shape index (κ2) is 4.10. The molecule has 0 bridgehead atoms. The molecule has 0 nitrogen and oxygen atoms in total. The van der Waals surface area contributed by atoms with Gasteiger partial charge in [0.2, 0.25) is 0 Å². The second-order valence-electron chi connectivity index (χ2n) is 3.16. The topological polar surface area (TPSA) is 0 Å². The molecule has 1 rings (SSSR count). The monoisotopic (exact) mass is 160 g/mol. The van der Waals surface area contributed by atoms with Crippen molar-refractivity contribution in [3.8, 4) is 0 Å². The molecule has 12 heavy (non-hydrogen) atoms. The molecule has 0 saturated carbocycles. The zero-order chi connectivity index (χ0) is 8.97. The van der Waals surface area contributed by atoms with Gasteiger partial charge in [0.05, 0.1) is 0 Å². The molecule has 0 aromatic heterocycles. The lowest BCUT2D eigenvalue weighted by Gasteiger charge is -2.09. The molecule has 1 aromatic carbocycles. The first-order valence-electron chi connectivity index (χ1n) is 4.47. The summed E-state index contributed by atoms with van der Waals surface area (Å²) < 4.78 is 0. The maximum atomic E-state index is 3.83. The summed E-state index contributed by atoms with van der Waals surface area (Å²) in [6, 6.07) is 8.68. The quantitative estimate of drug-likeness (QED) is 0.592. The lowest BCUT2D eigenvalue weighted by Crippen LogP contribution is -1.91. The number of allylic oxidation sites excluding steroid dienone is 1. The fraction of sp³-hybridized carbons (Fsp3) is 0.333. The van der Waals surface area contributed by atoms with Crippen molar-refractivity contribution < 1.29 is 0 Å². The van der Waals surface area contributed by atoms with E-state index in [0.29, 0.717) is 5.92 Å². The highest BCUT2D eigenvalue weighted by molar-refractivity contribution is 5.26. The minimum Gasteiger partial charge on any atom is -0.102 e. The molecule has 0 spiro atoms. The second-order valence-corrected chi connectivity index (χ2v) is 3.16. The van der Waals surface area contributed by atoms with E-state index in [9.17, 15) is 0 Å². The molecule has 0 fully saturated rings. The maximum absolute atomic E-state index is 3.83. The van der Waals surface area contributed by atoms with Gasteiger partial charge in [0, 0.05) is 5.92 Å². The molecule has 1 aromatic rings. The van der Waals surface area contributed by atoms with Gasteiger partial charge in [0.1, 0.15) is 0 Å². The van der Waals surface area contributed by atoms with Crippen LogP contribution in [0.5, 0.6) is 0 Å². The van der Waals surface area contributed by atoms with Crippen LogP contribution in [0.2, 0.25) is 0 Å². The summed E-state index contributed by atoms with van der Waals surface area (Å²) in [6.07, 6.45) is 3.15. The van der Waals surface area contributed by atoms with Crippen molar-refractivity contribution in [2.24, 2.45) is 0 Å². The molecule has 0 aliphatic rings. The lowest BCUT2D eigenvalue weighted by atomic mass is 9.96. The fourth-order valence-corrected chi connectivity index (χ4v) is 1.35. The Bertz CT molecular complexity index is 243. The highest BCUT2D eigenvalue weighted by atomic mass is 14.1. The van der Waals surface area contributed by atoms with Crippen molar-refractivity contribution in [3.05, 3.63) is 48.0 Å². The van der Waals surface area contributed by atoms with Crippen LogP contribution in [0.1, 0.15) is 30.4 Å². The number of hydrogen-bond acceptors (Lipinski definition) is 0. The predicted octanol–water partition coefficient (Wildman–Crippen LogP) is 3.67. The average Bonchev–Trinajstić information content (AvgIpc) is 2.10. The van der Waals surface area contributed by atoms with Gasteiger partial charge in [0.15, 0.2) is 0 Å². The van der Waals surface area contributed by atoms with Crippen molar-refractivity contribution in [3.63, 3.8) is 0 Å². The Labute approximate surface area is 74.9 Å². The number of hydrogen-bond donors (Lipinski definition) is 0. The van der Waals surface area contributed by atoms with Crippen molar-refractivity contribution in [1.82, 2.24) is 0 Å². The highest BCUT2D eigenvalue weighted by Crippen LogP contribution is 2.20. The third-order valence-corrected chi connectivity index (χ3v) is 2.23. The normalized spacial score (nSPS) is 12.5. The molecule has 0 saturated heterocycles. The van der Waals surface area contributed by atoms with Crippen LogP contribution in [0.25, 0.3) is 0 Å². The van der Waals surface area contributed by atoms with E-state index in [1.54, 1.807) is 0 Å². The average molecular weight is 160 g/mol. The van der Waals surface area contributed by atoms with Crippen molar-refractivity contribution in [2.45, 2.75) is 26.2 Å². The Morgan fingerprint density at radius 1 is 1.33 bits per heavy atom. The van der Waals surface area contributed by atoms with Crippen LogP contribution in [-0.2, 0) is 0 Å². The number of rotatable bonds is 3. The summed E-state index contributed by atoms with van der Waals surface area (Å²) in [5.74, 6) is 0.519. The molecule has 0 heterocycles. The first-order valence-corrected chi connectivity index (χ1v) is 4.47. The van der Waals surface area contributed by atoms with Crippen molar-refractivity contribution in [2.75, 3.05) is 0 Å². The number of aryl methyl sites for hydroxylation is 1. The van der Waals surface area contributed by atoms with Gasteiger partial charge in [-0.15, -0.1) is 6.58 Å². The minimum atomic E-state index is 0.519. The van der Waals surface area contributed by atoms with E-state index in [4.69, 9.17) is 0 Å². The molecule has 0 unspecified atom stereocenters. The van der Waals surface area contributed by atoms with Crippen molar-refractivity contribution in [1.29, 1.82) is 0 Å². The molecular weight excluding hydrogens is 144 g/mol. The van der Waals surface area contributed by atoms with Crippen LogP contribution in [0.3, 0.4) is 0 Å². The molecule has 1 atom stereocenters. The van der Waals surface area contributed by atoms with Gasteiger partial charge in [-0.05, 0) is 18.9 Å². The van der Waals surface area contributed by atoms with Crippen LogP contribution >= 0.6 is 0 Å². The molecule has 0 radical (unpaired) electrons. The number of benzene rings is 1. The fourth-order valence-electron chi connectivity index (χ4n) is 1.35. The maximum Gasteiger partial charge on any atom is 0.00126 e. The van der Waals surface area contributed by atoms with Crippen LogP contribution in [0.4, 0.5) is 0 Å².